The fraction of sp³-hybridized carbons (Fsp3) is 0.111. The Morgan fingerprint density at radius 3 is 2.47 bits per heavy atom. The average Bonchev–Trinajstić information content (AvgIpc) is 2.69. The lowest BCUT2D eigenvalue weighted by atomic mass is 10.3. The maximum absolute atomic E-state index is 12.3. The largest absolute Gasteiger partial charge is 0.445 e. The Bertz CT molecular complexity index is 524. The SMILES string of the molecule is Nc1ccccc1Sc1nnc(C(F)(F)F)s1. The van der Waals surface area contributed by atoms with E-state index in [-0.39, 0.29) is 4.34 Å². The molecule has 2 N–H and O–H groups in total. The first-order chi connectivity index (χ1) is 7.97. The van der Waals surface area contributed by atoms with Gasteiger partial charge in [-0.2, -0.15) is 13.2 Å². The molecule has 1 aromatic heterocycles. The second kappa shape index (κ2) is 4.53. The molecule has 3 nitrogen and oxygen atoms in total. The van der Waals surface area contributed by atoms with Gasteiger partial charge in [0.05, 0.1) is 0 Å². The highest BCUT2D eigenvalue weighted by Crippen LogP contribution is 2.38. The van der Waals surface area contributed by atoms with E-state index in [4.69, 9.17) is 5.73 Å². The fourth-order valence-electron chi connectivity index (χ4n) is 1.03. The highest BCUT2D eigenvalue weighted by molar-refractivity contribution is 8.01. The molecule has 0 bridgehead atoms. The van der Waals surface area contributed by atoms with Gasteiger partial charge in [0, 0.05) is 10.6 Å². The molecule has 0 spiro atoms. The highest BCUT2D eigenvalue weighted by Gasteiger charge is 2.35. The van der Waals surface area contributed by atoms with Crippen molar-refractivity contribution in [2.45, 2.75) is 15.4 Å². The van der Waals surface area contributed by atoms with Gasteiger partial charge in [0.15, 0.2) is 4.34 Å². The third kappa shape index (κ3) is 2.89. The van der Waals surface area contributed by atoms with Crippen LogP contribution in [0.5, 0.6) is 0 Å². The Hall–Kier alpha value is -1.28. The fourth-order valence-corrected chi connectivity index (χ4v) is 2.75. The number of halogens is 3. The number of hydrogen-bond acceptors (Lipinski definition) is 5. The molecule has 0 unspecified atom stereocenters. The first-order valence-corrected chi connectivity index (χ1v) is 6.03. The minimum Gasteiger partial charge on any atom is -0.398 e. The molecular formula is C9H6F3N3S2. The van der Waals surface area contributed by atoms with Crippen LogP contribution in [0.4, 0.5) is 18.9 Å². The van der Waals surface area contributed by atoms with Crippen molar-refractivity contribution in [3.63, 3.8) is 0 Å². The maximum Gasteiger partial charge on any atom is 0.445 e. The van der Waals surface area contributed by atoms with E-state index in [9.17, 15) is 13.2 Å². The molecule has 1 heterocycles. The summed E-state index contributed by atoms with van der Waals surface area (Å²) in [6, 6.07) is 6.90. The van der Waals surface area contributed by atoms with Crippen LogP contribution in [0.25, 0.3) is 0 Å². The molecule has 0 amide bonds. The van der Waals surface area contributed by atoms with E-state index in [2.05, 4.69) is 10.2 Å². The Balaban J connectivity index is 2.21. The minimum atomic E-state index is -4.45. The van der Waals surface area contributed by atoms with Crippen LogP contribution in [-0.4, -0.2) is 10.2 Å². The lowest BCUT2D eigenvalue weighted by molar-refractivity contribution is -0.138. The summed E-state index contributed by atoms with van der Waals surface area (Å²) in [4.78, 5) is 0.664. The zero-order valence-corrected chi connectivity index (χ0v) is 9.86. The summed E-state index contributed by atoms with van der Waals surface area (Å²) in [5.41, 5.74) is 6.18. The minimum absolute atomic E-state index is 0.218. The molecule has 0 aliphatic carbocycles. The third-order valence-electron chi connectivity index (χ3n) is 1.77. The number of alkyl halides is 3. The number of anilines is 1. The number of nitrogen functional groups attached to an aromatic ring is 1. The Labute approximate surface area is 103 Å². The number of nitrogens with zero attached hydrogens (tertiary/aromatic N) is 2. The number of hydrogen-bond donors (Lipinski definition) is 1. The first-order valence-electron chi connectivity index (χ1n) is 4.40. The van der Waals surface area contributed by atoms with Crippen molar-refractivity contribution in [3.05, 3.63) is 29.3 Å². The van der Waals surface area contributed by atoms with Gasteiger partial charge in [0.1, 0.15) is 0 Å². The summed E-state index contributed by atoms with van der Waals surface area (Å²) in [5.74, 6) is 0. The summed E-state index contributed by atoms with van der Waals surface area (Å²) in [6.45, 7) is 0. The zero-order valence-electron chi connectivity index (χ0n) is 8.23. The number of nitrogens with two attached hydrogens (primary N) is 1. The normalized spacial score (nSPS) is 11.7. The molecular weight excluding hydrogens is 271 g/mol. The van der Waals surface area contributed by atoms with Gasteiger partial charge in [-0.1, -0.05) is 35.2 Å². The quantitative estimate of drug-likeness (QED) is 0.856. The van der Waals surface area contributed by atoms with Crippen molar-refractivity contribution in [1.29, 1.82) is 0 Å². The van der Waals surface area contributed by atoms with Gasteiger partial charge >= 0.3 is 6.18 Å². The Kier molecular flexibility index (Phi) is 3.25. The maximum atomic E-state index is 12.3. The molecule has 2 aromatic rings. The van der Waals surface area contributed by atoms with Crippen molar-refractivity contribution in [3.8, 4) is 0 Å². The number of benzene rings is 1. The van der Waals surface area contributed by atoms with E-state index < -0.39 is 11.2 Å². The smallest absolute Gasteiger partial charge is 0.398 e. The second-order valence-electron chi connectivity index (χ2n) is 3.01. The van der Waals surface area contributed by atoms with Crippen LogP contribution in [0.3, 0.4) is 0 Å². The molecule has 2 rings (SSSR count). The van der Waals surface area contributed by atoms with Crippen LogP contribution in [-0.2, 0) is 6.18 Å². The molecule has 1 aromatic carbocycles. The summed E-state index contributed by atoms with van der Waals surface area (Å²) in [7, 11) is 0. The van der Waals surface area contributed by atoms with Gasteiger partial charge in [-0.05, 0) is 12.1 Å². The standard InChI is InChI=1S/C9H6F3N3S2/c10-9(11,12)7-14-15-8(17-7)16-6-4-2-1-3-5(6)13/h1-4H,13H2. The predicted molar refractivity (Wildman–Crippen MR) is 59.9 cm³/mol. The average molecular weight is 277 g/mol. The van der Waals surface area contributed by atoms with Crippen molar-refractivity contribution < 1.29 is 13.2 Å². The summed E-state index contributed by atoms with van der Waals surface area (Å²) in [6.07, 6.45) is -4.45. The molecule has 0 saturated heterocycles. The molecule has 0 saturated carbocycles. The molecule has 17 heavy (non-hydrogen) atoms. The molecule has 0 aliphatic rings. The van der Waals surface area contributed by atoms with E-state index in [1.807, 2.05) is 0 Å². The topological polar surface area (TPSA) is 51.8 Å². The predicted octanol–water partition coefficient (Wildman–Crippen LogP) is 3.29. The van der Waals surface area contributed by atoms with Gasteiger partial charge in [-0.3, -0.25) is 0 Å². The molecule has 0 aliphatic heterocycles. The van der Waals surface area contributed by atoms with Crippen LogP contribution in [0.15, 0.2) is 33.5 Å². The van der Waals surface area contributed by atoms with E-state index in [0.717, 1.165) is 11.8 Å². The number of aromatic nitrogens is 2. The van der Waals surface area contributed by atoms with Gasteiger partial charge < -0.3 is 5.73 Å². The van der Waals surface area contributed by atoms with E-state index in [0.29, 0.717) is 21.9 Å². The Morgan fingerprint density at radius 2 is 1.88 bits per heavy atom. The lowest BCUT2D eigenvalue weighted by Gasteiger charge is -2.00. The molecule has 0 radical (unpaired) electrons. The van der Waals surface area contributed by atoms with Crippen molar-refractivity contribution in [2.75, 3.05) is 5.73 Å². The molecule has 90 valence electrons. The van der Waals surface area contributed by atoms with Gasteiger partial charge in [-0.25, -0.2) is 0 Å². The second-order valence-corrected chi connectivity index (χ2v) is 5.28. The number of rotatable bonds is 2. The summed E-state index contributed by atoms with van der Waals surface area (Å²) in [5, 5.41) is 5.62. The lowest BCUT2D eigenvalue weighted by Crippen LogP contribution is -2.03. The summed E-state index contributed by atoms with van der Waals surface area (Å²) >= 11 is 1.57. The van der Waals surface area contributed by atoms with Crippen LogP contribution in [0, 0.1) is 0 Å². The van der Waals surface area contributed by atoms with Gasteiger partial charge in [0.2, 0.25) is 5.01 Å². The monoisotopic (exact) mass is 277 g/mol. The Morgan fingerprint density at radius 1 is 1.18 bits per heavy atom. The highest BCUT2D eigenvalue weighted by atomic mass is 32.2. The first kappa shape index (κ1) is 12.2. The van der Waals surface area contributed by atoms with E-state index in [1.54, 1.807) is 24.3 Å². The van der Waals surface area contributed by atoms with E-state index >= 15 is 0 Å². The van der Waals surface area contributed by atoms with Crippen molar-refractivity contribution in [2.24, 2.45) is 0 Å². The third-order valence-corrected chi connectivity index (χ3v) is 3.88. The van der Waals surface area contributed by atoms with Crippen molar-refractivity contribution in [1.82, 2.24) is 10.2 Å². The van der Waals surface area contributed by atoms with E-state index in [1.165, 1.54) is 0 Å². The van der Waals surface area contributed by atoms with Crippen LogP contribution >= 0.6 is 23.1 Å². The molecule has 0 fully saturated rings. The van der Waals surface area contributed by atoms with Crippen LogP contribution in [0.2, 0.25) is 0 Å². The van der Waals surface area contributed by atoms with Crippen LogP contribution in [0.1, 0.15) is 5.01 Å². The van der Waals surface area contributed by atoms with Gasteiger partial charge in [0.25, 0.3) is 0 Å². The van der Waals surface area contributed by atoms with Crippen molar-refractivity contribution >= 4 is 28.8 Å². The van der Waals surface area contributed by atoms with Gasteiger partial charge in [-0.15, -0.1) is 10.2 Å². The summed E-state index contributed by atoms with van der Waals surface area (Å²) < 4.78 is 37.1. The zero-order chi connectivity index (χ0) is 12.5. The molecule has 0 atom stereocenters. The molecule has 8 heteroatoms. The number of para-hydroxylation sites is 1. The van der Waals surface area contributed by atoms with Crippen LogP contribution < -0.4 is 5.73 Å².